The summed E-state index contributed by atoms with van der Waals surface area (Å²) in [6.07, 6.45) is 4.87. The number of hydrogen-bond acceptors (Lipinski definition) is 0. The van der Waals surface area contributed by atoms with Crippen LogP contribution in [-0.2, 0) is 36.2 Å². The van der Waals surface area contributed by atoms with Gasteiger partial charge in [0.05, 0.1) is 0 Å². The maximum atomic E-state index is 2.35. The summed E-state index contributed by atoms with van der Waals surface area (Å²) < 4.78 is 0. The van der Waals surface area contributed by atoms with Gasteiger partial charge in [0.25, 0.3) is 0 Å². The molecule has 184 valence electrons. The maximum Gasteiger partial charge on any atom is -1.00 e. The Morgan fingerprint density at radius 3 is 1.21 bits per heavy atom. The summed E-state index contributed by atoms with van der Waals surface area (Å²) in [5.74, 6) is 0. The van der Waals surface area contributed by atoms with Crippen LogP contribution in [0, 0.1) is 27.7 Å². The van der Waals surface area contributed by atoms with Crippen LogP contribution in [-0.4, -0.2) is 5.43 Å². The van der Waals surface area contributed by atoms with Gasteiger partial charge in [0.2, 0.25) is 0 Å². The number of aryl methyl sites for hydroxylation is 6. The van der Waals surface area contributed by atoms with E-state index in [2.05, 4.69) is 103 Å². The first-order valence-corrected chi connectivity index (χ1v) is 18.2. The molecule has 0 spiro atoms. The molecule has 34 heavy (non-hydrogen) atoms. The molecule has 0 aliphatic heterocycles. The van der Waals surface area contributed by atoms with Crippen LogP contribution >= 0.6 is 0 Å². The van der Waals surface area contributed by atoms with Crippen molar-refractivity contribution in [1.82, 2.24) is 0 Å². The van der Waals surface area contributed by atoms with Crippen molar-refractivity contribution in [2.45, 2.75) is 80.3 Å². The molecule has 0 radical (unpaired) electrons. The van der Waals surface area contributed by atoms with Gasteiger partial charge in [-0.3, -0.25) is 0 Å². The Bertz CT molecular complexity index is 1010. The molecular formula is C30H40Cl2SiZr-2. The van der Waals surface area contributed by atoms with Gasteiger partial charge in [-0.25, -0.2) is 0 Å². The van der Waals surface area contributed by atoms with Crippen molar-refractivity contribution >= 4 is 27.0 Å². The molecule has 0 saturated carbocycles. The number of rotatable bonds is 4. The molecule has 0 bridgehead atoms. The van der Waals surface area contributed by atoms with E-state index < -0.39 is 0 Å². The largest absolute Gasteiger partial charge is 1.00 e. The molecule has 0 fully saturated rings. The Balaban J connectivity index is 0.000000528. The fourth-order valence-corrected chi connectivity index (χ4v) is 4.17. The molecule has 4 rings (SSSR count). The fraction of sp³-hybridized carbons (Fsp3) is 0.400. The molecule has 0 aromatic heterocycles. The molecule has 0 nitrogen and oxygen atoms in total. The molecule has 0 saturated heterocycles. The number of halogens is 2. The first kappa shape index (κ1) is 33.3. The van der Waals surface area contributed by atoms with Crippen LogP contribution in [0.15, 0.2) is 48.5 Å². The average Bonchev–Trinajstić information content (AvgIpc) is 3.35. The van der Waals surface area contributed by atoms with Gasteiger partial charge in [0.15, 0.2) is 0 Å². The summed E-state index contributed by atoms with van der Waals surface area (Å²) >= 11 is 1.74. The molecular weight excluding hydrogens is 551 g/mol. The Kier molecular flexibility index (Phi) is 15.8. The zero-order chi connectivity index (χ0) is 23.8. The van der Waals surface area contributed by atoms with Gasteiger partial charge in [-0.2, -0.15) is 12.1 Å². The molecule has 0 N–H and O–H groups in total. The number of fused-ring (bicyclic) bond motifs is 2. The van der Waals surface area contributed by atoms with E-state index in [0.717, 1.165) is 0 Å². The van der Waals surface area contributed by atoms with Crippen LogP contribution in [0.4, 0.5) is 0 Å². The van der Waals surface area contributed by atoms with E-state index in [1.807, 2.05) is 0 Å². The topological polar surface area (TPSA) is 0 Å². The SMILES string of the molecule is CCCc1cc2c(C)ccc(C)c2[cH-]1.CCCc1cc2c(C)ccc(C)c2[cH-]1.C[Si](C)=[Zr+2].[Cl-].[Cl-]. The van der Waals surface area contributed by atoms with Crippen LogP contribution in [0.5, 0.6) is 0 Å². The van der Waals surface area contributed by atoms with Crippen molar-refractivity contribution in [2.75, 3.05) is 0 Å². The molecule has 0 atom stereocenters. The third-order valence-electron chi connectivity index (χ3n) is 5.84. The van der Waals surface area contributed by atoms with Gasteiger partial charge in [-0.1, -0.05) is 63.8 Å². The van der Waals surface area contributed by atoms with Crippen molar-refractivity contribution < 1.29 is 48.1 Å². The quantitative estimate of drug-likeness (QED) is 0.253. The van der Waals surface area contributed by atoms with E-state index in [-0.39, 0.29) is 30.2 Å². The molecule has 0 unspecified atom stereocenters. The van der Waals surface area contributed by atoms with Crippen LogP contribution < -0.4 is 24.8 Å². The van der Waals surface area contributed by atoms with Gasteiger partial charge in [-0.05, 0) is 26.7 Å². The molecule has 4 aromatic rings. The van der Waals surface area contributed by atoms with Crippen molar-refractivity contribution in [3.8, 4) is 0 Å². The van der Waals surface area contributed by atoms with Crippen LogP contribution in [0.2, 0.25) is 13.1 Å². The zero-order valence-corrected chi connectivity index (χ0v) is 27.2. The summed E-state index contributed by atoms with van der Waals surface area (Å²) in [6, 6.07) is 18.3. The minimum atomic E-state index is 0. The maximum absolute atomic E-state index is 2.35. The summed E-state index contributed by atoms with van der Waals surface area (Å²) in [7, 11) is 0. The van der Waals surface area contributed by atoms with Crippen molar-refractivity contribution in [3.63, 3.8) is 0 Å². The first-order chi connectivity index (χ1) is 15.2. The predicted molar refractivity (Wildman–Crippen MR) is 144 cm³/mol. The van der Waals surface area contributed by atoms with Crippen molar-refractivity contribution in [2.24, 2.45) is 0 Å². The minimum absolute atomic E-state index is 0. The summed E-state index contributed by atoms with van der Waals surface area (Å²) in [5, 5.41) is 5.75. The Hall–Kier alpha value is -0.660. The second-order valence-electron chi connectivity index (χ2n) is 9.28. The number of benzene rings is 2. The van der Waals surface area contributed by atoms with E-state index in [1.165, 1.54) is 80.6 Å². The smallest absolute Gasteiger partial charge is 1.00 e. The molecule has 0 aliphatic rings. The number of hydrogen-bond donors (Lipinski definition) is 0. The van der Waals surface area contributed by atoms with Gasteiger partial charge < -0.3 is 24.8 Å². The van der Waals surface area contributed by atoms with E-state index in [9.17, 15) is 0 Å². The summed E-state index contributed by atoms with van der Waals surface area (Å²) in [4.78, 5) is 0. The Labute approximate surface area is 235 Å². The van der Waals surface area contributed by atoms with Gasteiger partial charge >= 0.3 is 41.9 Å². The van der Waals surface area contributed by atoms with Gasteiger partial charge in [0.1, 0.15) is 0 Å². The molecule has 4 aromatic carbocycles. The summed E-state index contributed by atoms with van der Waals surface area (Å²) in [5.41, 5.74) is 8.77. The third kappa shape index (κ3) is 9.42. The monoisotopic (exact) mass is 588 g/mol. The van der Waals surface area contributed by atoms with E-state index in [0.29, 0.717) is 0 Å². The minimum Gasteiger partial charge on any atom is -1.00 e. The summed E-state index contributed by atoms with van der Waals surface area (Å²) in [6.45, 7) is 17.9. The average molecular weight is 591 g/mol. The second-order valence-corrected chi connectivity index (χ2v) is 18.7. The standard InChI is InChI=1S/2C14H17.C2H6Si.2ClH.Zr/c2*1-4-5-12-8-13-10(2)6-7-11(3)14(13)9-12;1-3-2;;;/h2*6-9H,4-5H2,1-3H3;1-2H3;2*1H;/q2*-1;;;;+2/p-2. The second kappa shape index (κ2) is 16.2. The molecule has 0 aliphatic carbocycles. The van der Waals surface area contributed by atoms with Gasteiger partial charge in [0, 0.05) is 0 Å². The molecule has 0 amide bonds. The van der Waals surface area contributed by atoms with Gasteiger partial charge in [-0.15, -0.1) is 68.1 Å². The van der Waals surface area contributed by atoms with Crippen molar-refractivity contribution in [3.05, 3.63) is 81.9 Å². The first-order valence-electron chi connectivity index (χ1n) is 12.0. The van der Waals surface area contributed by atoms with E-state index >= 15 is 0 Å². The fourth-order valence-electron chi connectivity index (χ4n) is 4.17. The molecule has 0 heterocycles. The Morgan fingerprint density at radius 2 is 0.941 bits per heavy atom. The van der Waals surface area contributed by atoms with Crippen LogP contribution in [0.1, 0.15) is 60.1 Å². The van der Waals surface area contributed by atoms with Crippen LogP contribution in [0.3, 0.4) is 0 Å². The molecule has 4 heteroatoms. The Morgan fingerprint density at radius 1 is 0.647 bits per heavy atom. The van der Waals surface area contributed by atoms with E-state index in [4.69, 9.17) is 0 Å². The zero-order valence-electron chi connectivity index (χ0n) is 22.2. The van der Waals surface area contributed by atoms with Crippen LogP contribution in [0.25, 0.3) is 21.5 Å². The van der Waals surface area contributed by atoms with E-state index in [1.54, 1.807) is 23.3 Å². The van der Waals surface area contributed by atoms with Crippen molar-refractivity contribution in [1.29, 1.82) is 0 Å². The predicted octanol–water partition coefficient (Wildman–Crippen LogP) is 3.05. The third-order valence-corrected chi connectivity index (χ3v) is 5.84. The normalized spacial score (nSPS) is 9.94.